The van der Waals surface area contributed by atoms with Crippen LogP contribution in [0.1, 0.15) is 32.4 Å². The van der Waals surface area contributed by atoms with Crippen LogP contribution in [0.25, 0.3) is 0 Å². The summed E-state index contributed by atoms with van der Waals surface area (Å²) in [6, 6.07) is 4.96. The van der Waals surface area contributed by atoms with Gasteiger partial charge >= 0.3 is 6.36 Å². The third-order valence-electron chi connectivity index (χ3n) is 2.62. The minimum atomic E-state index is -4.79. The van der Waals surface area contributed by atoms with Gasteiger partial charge in [0.15, 0.2) is 0 Å². The molecule has 6 heteroatoms. The largest absolute Gasteiger partial charge is 0.573 e. The molecule has 0 aromatic heterocycles. The van der Waals surface area contributed by atoms with Crippen molar-refractivity contribution in [2.45, 2.75) is 39.3 Å². The Kier molecular flexibility index (Phi) is 4.47. The monoisotopic (exact) mass is 278 g/mol. The fraction of sp³-hybridized carbons (Fsp3) is 0.538. The van der Waals surface area contributed by atoms with E-state index in [0.717, 1.165) is 12.1 Å². The summed E-state index contributed by atoms with van der Waals surface area (Å²) < 4.78 is 40.0. The van der Waals surface area contributed by atoms with Crippen molar-refractivity contribution in [1.82, 2.24) is 0 Å². The molecule has 3 nitrogen and oxygen atoms in total. The summed E-state index contributed by atoms with van der Waals surface area (Å²) in [5, 5.41) is 19.9. The highest BCUT2D eigenvalue weighted by molar-refractivity contribution is 5.30. The van der Waals surface area contributed by atoms with Crippen molar-refractivity contribution in [2.75, 3.05) is 0 Å². The average Bonchev–Trinajstić information content (AvgIpc) is 2.23. The van der Waals surface area contributed by atoms with Gasteiger partial charge in [-0.15, -0.1) is 13.2 Å². The Balaban J connectivity index is 2.93. The lowest BCUT2D eigenvalue weighted by Crippen LogP contribution is -2.32. The lowest BCUT2D eigenvalue weighted by Gasteiger charge is -2.30. The van der Waals surface area contributed by atoms with Gasteiger partial charge in [-0.05, 0) is 23.1 Å². The summed E-state index contributed by atoms with van der Waals surface area (Å²) in [6.45, 7) is 5.16. The SMILES string of the molecule is CC(C)(C)C(O)C(O)c1cccc(OC(F)(F)F)c1. The molecule has 0 fully saturated rings. The fourth-order valence-electron chi connectivity index (χ4n) is 1.55. The third kappa shape index (κ3) is 4.72. The van der Waals surface area contributed by atoms with E-state index in [1.807, 2.05) is 0 Å². The van der Waals surface area contributed by atoms with Crippen LogP contribution in [0.2, 0.25) is 0 Å². The molecule has 108 valence electrons. The number of alkyl halides is 3. The molecule has 0 radical (unpaired) electrons. The van der Waals surface area contributed by atoms with Gasteiger partial charge in [0.1, 0.15) is 11.9 Å². The first-order valence-electron chi connectivity index (χ1n) is 5.72. The van der Waals surface area contributed by atoms with Crippen LogP contribution >= 0.6 is 0 Å². The summed E-state index contributed by atoms with van der Waals surface area (Å²) in [6.07, 6.45) is -7.17. The molecular formula is C13H17F3O3. The molecule has 0 spiro atoms. The minimum absolute atomic E-state index is 0.171. The molecule has 2 N–H and O–H groups in total. The quantitative estimate of drug-likeness (QED) is 0.893. The molecule has 2 unspecified atom stereocenters. The Morgan fingerprint density at radius 3 is 2.16 bits per heavy atom. The minimum Gasteiger partial charge on any atom is -0.406 e. The molecule has 0 bridgehead atoms. The van der Waals surface area contributed by atoms with E-state index in [1.54, 1.807) is 20.8 Å². The first-order chi connectivity index (χ1) is 8.50. The summed E-state index contributed by atoms with van der Waals surface area (Å²) >= 11 is 0. The van der Waals surface area contributed by atoms with E-state index in [-0.39, 0.29) is 5.56 Å². The van der Waals surface area contributed by atoms with Gasteiger partial charge in [0.2, 0.25) is 0 Å². The lowest BCUT2D eigenvalue weighted by atomic mass is 9.83. The highest BCUT2D eigenvalue weighted by Crippen LogP contribution is 2.32. The van der Waals surface area contributed by atoms with Crippen LogP contribution in [0.4, 0.5) is 13.2 Å². The molecular weight excluding hydrogens is 261 g/mol. The molecule has 1 aromatic rings. The number of rotatable bonds is 3. The van der Waals surface area contributed by atoms with E-state index >= 15 is 0 Å². The Hall–Kier alpha value is -1.27. The highest BCUT2D eigenvalue weighted by Gasteiger charge is 2.33. The van der Waals surface area contributed by atoms with Crippen LogP contribution in [0.3, 0.4) is 0 Å². The van der Waals surface area contributed by atoms with Crippen molar-refractivity contribution in [3.8, 4) is 5.75 Å². The van der Waals surface area contributed by atoms with Crippen LogP contribution < -0.4 is 4.74 Å². The molecule has 0 heterocycles. The Morgan fingerprint density at radius 2 is 1.68 bits per heavy atom. The molecule has 0 saturated carbocycles. The van der Waals surface area contributed by atoms with Gasteiger partial charge in [0.05, 0.1) is 6.10 Å². The number of hydrogen-bond acceptors (Lipinski definition) is 3. The van der Waals surface area contributed by atoms with Crippen molar-refractivity contribution in [1.29, 1.82) is 0 Å². The van der Waals surface area contributed by atoms with Gasteiger partial charge in [0, 0.05) is 0 Å². The molecule has 2 atom stereocenters. The van der Waals surface area contributed by atoms with Crippen molar-refractivity contribution < 1.29 is 28.1 Å². The normalized spacial score (nSPS) is 16.0. The van der Waals surface area contributed by atoms with Crippen molar-refractivity contribution in [2.24, 2.45) is 5.41 Å². The maximum atomic E-state index is 12.1. The number of aliphatic hydroxyl groups excluding tert-OH is 2. The van der Waals surface area contributed by atoms with E-state index in [1.165, 1.54) is 12.1 Å². The van der Waals surface area contributed by atoms with Gasteiger partial charge in [-0.3, -0.25) is 0 Å². The lowest BCUT2D eigenvalue weighted by molar-refractivity contribution is -0.274. The Morgan fingerprint density at radius 1 is 1.11 bits per heavy atom. The van der Waals surface area contributed by atoms with E-state index in [4.69, 9.17) is 0 Å². The second-order valence-corrected chi connectivity index (χ2v) is 5.38. The zero-order valence-corrected chi connectivity index (χ0v) is 10.9. The van der Waals surface area contributed by atoms with Crippen LogP contribution in [-0.2, 0) is 0 Å². The number of ether oxygens (including phenoxy) is 1. The average molecular weight is 278 g/mol. The van der Waals surface area contributed by atoms with E-state index < -0.39 is 29.7 Å². The summed E-state index contributed by atoms with van der Waals surface area (Å²) in [5.74, 6) is -0.426. The zero-order chi connectivity index (χ0) is 14.8. The zero-order valence-electron chi connectivity index (χ0n) is 10.9. The number of halogens is 3. The molecule has 0 amide bonds. The predicted molar refractivity (Wildman–Crippen MR) is 63.5 cm³/mol. The van der Waals surface area contributed by atoms with Crippen molar-refractivity contribution >= 4 is 0 Å². The van der Waals surface area contributed by atoms with Crippen LogP contribution in [0.15, 0.2) is 24.3 Å². The topological polar surface area (TPSA) is 49.7 Å². The summed E-state index contributed by atoms with van der Waals surface area (Å²) in [7, 11) is 0. The van der Waals surface area contributed by atoms with Gasteiger partial charge in [-0.2, -0.15) is 0 Å². The molecule has 0 aliphatic carbocycles. The smallest absolute Gasteiger partial charge is 0.406 e. The highest BCUT2D eigenvalue weighted by atomic mass is 19.4. The molecule has 0 aliphatic heterocycles. The number of hydrogen-bond donors (Lipinski definition) is 2. The second kappa shape index (κ2) is 5.38. The van der Waals surface area contributed by atoms with Crippen LogP contribution in [0.5, 0.6) is 5.75 Å². The fourth-order valence-corrected chi connectivity index (χ4v) is 1.55. The standard InChI is InChI=1S/C13H17F3O3/c1-12(2,3)11(18)10(17)8-5-4-6-9(7-8)19-13(14,15)16/h4-7,10-11,17-18H,1-3H3. The van der Waals surface area contributed by atoms with Gasteiger partial charge in [-0.25, -0.2) is 0 Å². The second-order valence-electron chi connectivity index (χ2n) is 5.38. The van der Waals surface area contributed by atoms with Crippen LogP contribution in [-0.4, -0.2) is 22.7 Å². The molecule has 0 saturated heterocycles. The van der Waals surface area contributed by atoms with E-state index in [2.05, 4.69) is 4.74 Å². The Labute approximate surface area is 109 Å². The number of aliphatic hydroxyl groups is 2. The maximum Gasteiger partial charge on any atom is 0.573 e. The van der Waals surface area contributed by atoms with E-state index in [9.17, 15) is 23.4 Å². The first kappa shape index (κ1) is 15.8. The predicted octanol–water partition coefficient (Wildman–Crippen LogP) is 3.03. The Bertz CT molecular complexity index is 424. The third-order valence-corrected chi connectivity index (χ3v) is 2.62. The summed E-state index contributed by atoms with van der Waals surface area (Å²) in [4.78, 5) is 0. The van der Waals surface area contributed by atoms with Crippen LogP contribution in [0, 0.1) is 5.41 Å². The summed E-state index contributed by atoms with van der Waals surface area (Å²) in [5.41, 5.74) is -0.426. The molecule has 1 aromatic carbocycles. The van der Waals surface area contributed by atoms with Crippen molar-refractivity contribution in [3.63, 3.8) is 0 Å². The van der Waals surface area contributed by atoms with Crippen molar-refractivity contribution in [3.05, 3.63) is 29.8 Å². The molecule has 0 aliphatic rings. The maximum absolute atomic E-state index is 12.1. The number of benzene rings is 1. The van der Waals surface area contributed by atoms with Gasteiger partial charge < -0.3 is 14.9 Å². The first-order valence-corrected chi connectivity index (χ1v) is 5.72. The van der Waals surface area contributed by atoms with E-state index in [0.29, 0.717) is 0 Å². The molecule has 19 heavy (non-hydrogen) atoms. The molecule has 1 rings (SSSR count). The van der Waals surface area contributed by atoms with Gasteiger partial charge in [-0.1, -0.05) is 32.9 Å². The van der Waals surface area contributed by atoms with Gasteiger partial charge in [0.25, 0.3) is 0 Å².